The number of hydrogen-bond donors (Lipinski definition) is 1. The van der Waals surface area contributed by atoms with Gasteiger partial charge in [0.1, 0.15) is 0 Å². The van der Waals surface area contributed by atoms with Gasteiger partial charge in [-0.05, 0) is 19.8 Å². The van der Waals surface area contributed by atoms with Gasteiger partial charge in [0.2, 0.25) is 0 Å². The maximum absolute atomic E-state index is 11.5. The van der Waals surface area contributed by atoms with Crippen LogP contribution in [0.1, 0.15) is 41.5 Å². The standard InChI is InChI=1S/C12H23NO3S/c1-7(2)11(9(5)17-10(6)14)13-12(15)16-8(3)4/h7-9,11H,1-6H3,(H,13,15). The summed E-state index contributed by atoms with van der Waals surface area (Å²) in [7, 11) is 0. The molecule has 17 heavy (non-hydrogen) atoms. The van der Waals surface area contributed by atoms with Crippen molar-refractivity contribution in [2.75, 3.05) is 0 Å². The number of thioether (sulfide) groups is 1. The zero-order valence-electron chi connectivity index (χ0n) is 11.4. The van der Waals surface area contributed by atoms with Gasteiger partial charge in [-0.15, -0.1) is 0 Å². The minimum atomic E-state index is -0.422. The quantitative estimate of drug-likeness (QED) is 0.827. The molecular formula is C12H23NO3S. The van der Waals surface area contributed by atoms with Crippen molar-refractivity contribution in [3.05, 3.63) is 0 Å². The van der Waals surface area contributed by atoms with E-state index in [1.165, 1.54) is 18.7 Å². The van der Waals surface area contributed by atoms with Crippen LogP contribution in [0.15, 0.2) is 0 Å². The van der Waals surface area contributed by atoms with Gasteiger partial charge in [-0.25, -0.2) is 4.79 Å². The molecule has 2 atom stereocenters. The Labute approximate surface area is 108 Å². The van der Waals surface area contributed by atoms with Crippen molar-refractivity contribution in [1.29, 1.82) is 0 Å². The molecule has 0 fully saturated rings. The molecule has 4 nitrogen and oxygen atoms in total. The van der Waals surface area contributed by atoms with E-state index in [9.17, 15) is 9.59 Å². The highest BCUT2D eigenvalue weighted by Crippen LogP contribution is 2.20. The number of rotatable bonds is 5. The van der Waals surface area contributed by atoms with Crippen LogP contribution < -0.4 is 5.32 Å². The fraction of sp³-hybridized carbons (Fsp3) is 0.833. The van der Waals surface area contributed by atoms with E-state index in [1.54, 1.807) is 13.8 Å². The molecule has 0 aromatic carbocycles. The van der Waals surface area contributed by atoms with Gasteiger partial charge in [-0.2, -0.15) is 0 Å². The number of nitrogens with one attached hydrogen (secondary N) is 1. The summed E-state index contributed by atoms with van der Waals surface area (Å²) in [5.74, 6) is 0.247. The second-order valence-electron chi connectivity index (χ2n) is 4.68. The molecule has 0 saturated carbocycles. The topological polar surface area (TPSA) is 55.4 Å². The highest BCUT2D eigenvalue weighted by molar-refractivity contribution is 8.14. The third kappa shape index (κ3) is 7.26. The van der Waals surface area contributed by atoms with E-state index in [0.717, 1.165) is 0 Å². The molecule has 0 aromatic heterocycles. The van der Waals surface area contributed by atoms with Crippen LogP contribution in [-0.4, -0.2) is 28.6 Å². The normalized spacial score (nSPS) is 14.6. The first-order chi connectivity index (χ1) is 7.73. The second kappa shape index (κ2) is 7.58. The van der Waals surface area contributed by atoms with Gasteiger partial charge in [0.05, 0.1) is 6.10 Å². The zero-order valence-corrected chi connectivity index (χ0v) is 12.3. The Morgan fingerprint density at radius 1 is 1.12 bits per heavy atom. The maximum Gasteiger partial charge on any atom is 0.407 e. The van der Waals surface area contributed by atoms with Crippen molar-refractivity contribution in [1.82, 2.24) is 5.32 Å². The van der Waals surface area contributed by atoms with Crippen molar-refractivity contribution in [2.45, 2.75) is 58.9 Å². The van der Waals surface area contributed by atoms with E-state index in [2.05, 4.69) is 5.32 Å². The summed E-state index contributed by atoms with van der Waals surface area (Å²) in [6.07, 6.45) is -0.562. The van der Waals surface area contributed by atoms with Crippen LogP contribution >= 0.6 is 11.8 Å². The van der Waals surface area contributed by atoms with E-state index in [1.807, 2.05) is 20.8 Å². The molecule has 0 aliphatic heterocycles. The Morgan fingerprint density at radius 3 is 2.00 bits per heavy atom. The Balaban J connectivity index is 4.43. The van der Waals surface area contributed by atoms with E-state index < -0.39 is 6.09 Å². The lowest BCUT2D eigenvalue weighted by molar-refractivity contribution is -0.109. The van der Waals surface area contributed by atoms with Gasteiger partial charge < -0.3 is 10.1 Å². The van der Waals surface area contributed by atoms with Crippen LogP contribution in [-0.2, 0) is 9.53 Å². The minimum Gasteiger partial charge on any atom is -0.447 e. The molecule has 0 aromatic rings. The third-order valence-electron chi connectivity index (χ3n) is 2.20. The van der Waals surface area contributed by atoms with Gasteiger partial charge in [-0.3, -0.25) is 4.79 Å². The number of alkyl carbamates (subject to hydrolysis) is 1. The molecule has 0 aliphatic carbocycles. The van der Waals surface area contributed by atoms with Gasteiger partial charge in [-0.1, -0.05) is 32.5 Å². The first kappa shape index (κ1) is 16.3. The summed E-state index contributed by atoms with van der Waals surface area (Å²) < 4.78 is 5.04. The molecule has 0 aliphatic rings. The second-order valence-corrected chi connectivity index (χ2v) is 6.24. The molecule has 0 bridgehead atoms. The number of hydrogen-bond acceptors (Lipinski definition) is 4. The fourth-order valence-corrected chi connectivity index (χ4v) is 2.60. The summed E-state index contributed by atoms with van der Waals surface area (Å²) in [5.41, 5.74) is 0. The summed E-state index contributed by atoms with van der Waals surface area (Å²) in [6, 6.07) is -0.0739. The lowest BCUT2D eigenvalue weighted by atomic mass is 10.0. The van der Waals surface area contributed by atoms with E-state index in [4.69, 9.17) is 4.74 Å². The van der Waals surface area contributed by atoms with Crippen molar-refractivity contribution in [3.8, 4) is 0 Å². The Kier molecular flexibility index (Phi) is 7.27. The van der Waals surface area contributed by atoms with E-state index >= 15 is 0 Å². The third-order valence-corrected chi connectivity index (χ3v) is 3.20. The molecule has 0 heterocycles. The van der Waals surface area contributed by atoms with Crippen LogP contribution in [0.3, 0.4) is 0 Å². The van der Waals surface area contributed by atoms with Crippen LogP contribution in [0.5, 0.6) is 0 Å². The molecule has 0 spiro atoms. The molecular weight excluding hydrogens is 238 g/mol. The first-order valence-corrected chi connectivity index (χ1v) is 6.76. The summed E-state index contributed by atoms with van der Waals surface area (Å²) in [5, 5.41) is 2.91. The molecule has 2 unspecified atom stereocenters. The number of carbonyl (C=O) groups is 2. The molecule has 5 heteroatoms. The minimum absolute atomic E-state index is 0.0345. The first-order valence-electron chi connectivity index (χ1n) is 5.88. The Bertz CT molecular complexity index is 266. The number of carbonyl (C=O) groups excluding carboxylic acids is 2. The molecule has 0 rings (SSSR count). The zero-order chi connectivity index (χ0) is 13.6. The van der Waals surface area contributed by atoms with Gasteiger partial charge >= 0.3 is 6.09 Å². The molecule has 100 valence electrons. The smallest absolute Gasteiger partial charge is 0.407 e. The van der Waals surface area contributed by atoms with Crippen LogP contribution in [0.2, 0.25) is 0 Å². The highest BCUT2D eigenvalue weighted by atomic mass is 32.2. The average molecular weight is 261 g/mol. The van der Waals surface area contributed by atoms with Gasteiger partial charge in [0.25, 0.3) is 0 Å². The monoisotopic (exact) mass is 261 g/mol. The number of amides is 1. The predicted molar refractivity (Wildman–Crippen MR) is 71.1 cm³/mol. The number of ether oxygens (including phenoxy) is 1. The van der Waals surface area contributed by atoms with Crippen molar-refractivity contribution in [2.24, 2.45) is 5.92 Å². The van der Waals surface area contributed by atoms with Crippen LogP contribution in [0, 0.1) is 5.92 Å². The van der Waals surface area contributed by atoms with E-state index in [-0.39, 0.29) is 28.4 Å². The predicted octanol–water partition coefficient (Wildman–Crippen LogP) is 2.81. The van der Waals surface area contributed by atoms with E-state index in [0.29, 0.717) is 0 Å². The van der Waals surface area contributed by atoms with Gasteiger partial charge in [0, 0.05) is 18.2 Å². The highest BCUT2D eigenvalue weighted by Gasteiger charge is 2.25. The summed E-state index contributed by atoms with van der Waals surface area (Å²) in [4.78, 5) is 22.6. The maximum atomic E-state index is 11.5. The largest absolute Gasteiger partial charge is 0.447 e. The Hall–Kier alpha value is -0.710. The molecule has 1 N–H and O–H groups in total. The molecule has 1 amide bonds. The fourth-order valence-electron chi connectivity index (χ4n) is 1.55. The van der Waals surface area contributed by atoms with Gasteiger partial charge in [0.15, 0.2) is 5.12 Å². The Morgan fingerprint density at radius 2 is 1.65 bits per heavy atom. The average Bonchev–Trinajstić information content (AvgIpc) is 2.10. The lowest BCUT2D eigenvalue weighted by Gasteiger charge is -2.27. The van der Waals surface area contributed by atoms with Crippen LogP contribution in [0.25, 0.3) is 0 Å². The van der Waals surface area contributed by atoms with Crippen molar-refractivity contribution >= 4 is 23.0 Å². The summed E-state index contributed by atoms with van der Waals surface area (Å²) in [6.45, 7) is 11.1. The van der Waals surface area contributed by atoms with Crippen molar-refractivity contribution in [3.63, 3.8) is 0 Å². The van der Waals surface area contributed by atoms with Crippen LogP contribution in [0.4, 0.5) is 4.79 Å². The summed E-state index contributed by atoms with van der Waals surface area (Å²) >= 11 is 1.24. The molecule has 0 saturated heterocycles. The molecule has 0 radical (unpaired) electrons. The SMILES string of the molecule is CC(=O)SC(C)C(NC(=O)OC(C)C)C(C)C. The van der Waals surface area contributed by atoms with Crippen molar-refractivity contribution < 1.29 is 14.3 Å². The lowest BCUT2D eigenvalue weighted by Crippen LogP contribution is -2.45.